The molecule has 2 heterocycles. The highest BCUT2D eigenvalue weighted by atomic mass is 35.5. The Morgan fingerprint density at radius 3 is 2.88 bits per heavy atom. The summed E-state index contributed by atoms with van der Waals surface area (Å²) in [5.74, 6) is 0.637. The average molecular weight is 250 g/mol. The zero-order valence-corrected chi connectivity index (χ0v) is 9.83. The number of halogens is 1. The second-order valence-corrected chi connectivity index (χ2v) is 5.42. The number of nitrogens with one attached hydrogen (secondary N) is 2. The lowest BCUT2D eigenvalue weighted by atomic mass is 9.99. The second-order valence-electron chi connectivity index (χ2n) is 4.98. The lowest BCUT2D eigenvalue weighted by Gasteiger charge is -2.16. The molecule has 2 fully saturated rings. The molecule has 1 aromatic heterocycles. The molecule has 3 N–H and O–H groups in total. The maximum absolute atomic E-state index is 10.8. The number of hydrogen-bond acceptors (Lipinski definition) is 3. The van der Waals surface area contributed by atoms with Crippen LogP contribution in [0.3, 0.4) is 0 Å². The molecule has 88 valence electrons. The van der Waals surface area contributed by atoms with Crippen molar-refractivity contribution in [2.45, 2.75) is 5.60 Å². The molecule has 0 amide bonds. The first-order valence-corrected chi connectivity index (χ1v) is 6.15. The van der Waals surface area contributed by atoms with E-state index in [1.807, 2.05) is 12.1 Å². The van der Waals surface area contributed by atoms with E-state index in [0.717, 1.165) is 29.6 Å². The number of benzene rings is 1. The summed E-state index contributed by atoms with van der Waals surface area (Å²) in [5, 5.41) is 22.6. The number of hydrogen-bond donors (Lipinski definition) is 3. The quantitative estimate of drug-likeness (QED) is 0.713. The number of nitrogens with zero attached hydrogens (tertiary/aromatic N) is 1. The predicted molar refractivity (Wildman–Crippen MR) is 64.9 cm³/mol. The van der Waals surface area contributed by atoms with Crippen LogP contribution in [0.4, 0.5) is 0 Å². The first-order valence-electron chi connectivity index (χ1n) is 5.77. The van der Waals surface area contributed by atoms with Gasteiger partial charge in [0.2, 0.25) is 0 Å². The molecular weight excluding hydrogens is 238 g/mol. The van der Waals surface area contributed by atoms with E-state index in [0.29, 0.717) is 16.9 Å². The highest BCUT2D eigenvalue weighted by molar-refractivity contribution is 6.31. The summed E-state index contributed by atoms with van der Waals surface area (Å²) in [7, 11) is 0. The van der Waals surface area contributed by atoms with Crippen LogP contribution in [0.25, 0.3) is 10.9 Å². The van der Waals surface area contributed by atoms with Crippen LogP contribution in [0.5, 0.6) is 0 Å². The van der Waals surface area contributed by atoms with Crippen molar-refractivity contribution in [1.29, 1.82) is 0 Å². The fourth-order valence-corrected chi connectivity index (χ4v) is 3.48. The second kappa shape index (κ2) is 3.02. The number of aromatic nitrogens is 2. The van der Waals surface area contributed by atoms with Gasteiger partial charge in [-0.05, 0) is 17.7 Å². The van der Waals surface area contributed by atoms with Crippen molar-refractivity contribution in [3.05, 3.63) is 28.9 Å². The third-order valence-electron chi connectivity index (χ3n) is 4.19. The molecule has 2 atom stereocenters. The normalized spacial score (nSPS) is 35.2. The van der Waals surface area contributed by atoms with E-state index in [9.17, 15) is 5.11 Å². The van der Waals surface area contributed by atoms with E-state index >= 15 is 0 Å². The number of piperidine rings is 1. The number of aromatic amines is 1. The molecule has 4 nitrogen and oxygen atoms in total. The molecule has 2 aromatic rings. The molecule has 1 saturated carbocycles. The monoisotopic (exact) mass is 249 g/mol. The van der Waals surface area contributed by atoms with Crippen molar-refractivity contribution in [2.75, 3.05) is 13.1 Å². The van der Waals surface area contributed by atoms with Crippen molar-refractivity contribution >= 4 is 22.5 Å². The summed E-state index contributed by atoms with van der Waals surface area (Å²) in [6.07, 6.45) is 1.76. The van der Waals surface area contributed by atoms with E-state index in [-0.39, 0.29) is 0 Å². The van der Waals surface area contributed by atoms with Gasteiger partial charge in [-0.15, -0.1) is 0 Å². The van der Waals surface area contributed by atoms with Gasteiger partial charge in [0.05, 0.1) is 17.3 Å². The van der Waals surface area contributed by atoms with Crippen LogP contribution < -0.4 is 5.32 Å². The van der Waals surface area contributed by atoms with Gasteiger partial charge in [-0.2, -0.15) is 5.10 Å². The third kappa shape index (κ3) is 1.13. The number of aliphatic hydroxyl groups is 1. The van der Waals surface area contributed by atoms with Gasteiger partial charge in [-0.1, -0.05) is 11.6 Å². The summed E-state index contributed by atoms with van der Waals surface area (Å²) >= 11 is 6.10. The molecule has 0 bridgehead atoms. The lowest BCUT2D eigenvalue weighted by molar-refractivity contribution is 0.110. The minimum absolute atomic E-state index is 0.319. The standard InChI is InChI=1S/C12H12ClN3O/c13-6-1-8(7-3-15-16-11(7)2-6)12(17)9-4-14-5-10(9)12/h1-3,9-10,14,17H,4-5H2,(H,15,16). The van der Waals surface area contributed by atoms with Gasteiger partial charge in [0.15, 0.2) is 0 Å². The van der Waals surface area contributed by atoms with Crippen molar-refractivity contribution < 1.29 is 5.11 Å². The van der Waals surface area contributed by atoms with Crippen LogP contribution in [-0.2, 0) is 5.60 Å². The van der Waals surface area contributed by atoms with Crippen LogP contribution >= 0.6 is 11.6 Å². The van der Waals surface area contributed by atoms with E-state index in [1.165, 1.54) is 0 Å². The van der Waals surface area contributed by atoms with E-state index in [4.69, 9.17) is 11.6 Å². The van der Waals surface area contributed by atoms with Crippen molar-refractivity contribution in [2.24, 2.45) is 11.8 Å². The molecular formula is C12H12ClN3O. The minimum atomic E-state index is -0.710. The Balaban J connectivity index is 1.94. The van der Waals surface area contributed by atoms with Gasteiger partial charge in [-0.25, -0.2) is 0 Å². The third-order valence-corrected chi connectivity index (χ3v) is 4.41. The van der Waals surface area contributed by atoms with Gasteiger partial charge in [0.25, 0.3) is 0 Å². The molecule has 2 unspecified atom stereocenters. The zero-order valence-electron chi connectivity index (χ0n) is 9.07. The topological polar surface area (TPSA) is 60.9 Å². The molecule has 17 heavy (non-hydrogen) atoms. The van der Waals surface area contributed by atoms with Gasteiger partial charge in [0.1, 0.15) is 0 Å². The first kappa shape index (κ1) is 9.88. The SMILES string of the molecule is OC1(c2cc(Cl)cc3[nH]ncc23)C2CNCC21. The summed E-state index contributed by atoms with van der Waals surface area (Å²) in [6, 6.07) is 3.71. The Bertz CT molecular complexity index is 599. The van der Waals surface area contributed by atoms with Gasteiger partial charge in [0, 0.05) is 35.3 Å². The summed E-state index contributed by atoms with van der Waals surface area (Å²) in [5.41, 5.74) is 1.10. The minimum Gasteiger partial charge on any atom is -0.384 e. The van der Waals surface area contributed by atoms with Crippen LogP contribution in [0, 0.1) is 11.8 Å². The van der Waals surface area contributed by atoms with Gasteiger partial charge >= 0.3 is 0 Å². The average Bonchev–Trinajstić information content (AvgIpc) is 2.79. The fraction of sp³-hybridized carbons (Fsp3) is 0.417. The molecule has 4 rings (SSSR count). The largest absolute Gasteiger partial charge is 0.384 e. The number of rotatable bonds is 1. The van der Waals surface area contributed by atoms with Crippen LogP contribution in [-0.4, -0.2) is 28.4 Å². The predicted octanol–water partition coefficient (Wildman–Crippen LogP) is 1.25. The lowest BCUT2D eigenvalue weighted by Crippen LogP contribution is -2.25. The Kier molecular flexibility index (Phi) is 1.75. The summed E-state index contributed by atoms with van der Waals surface area (Å²) < 4.78 is 0. The van der Waals surface area contributed by atoms with Crippen LogP contribution in [0.1, 0.15) is 5.56 Å². The van der Waals surface area contributed by atoms with Gasteiger partial charge in [-0.3, -0.25) is 5.10 Å². The summed E-state index contributed by atoms with van der Waals surface area (Å²) in [6.45, 7) is 1.76. The highest BCUT2D eigenvalue weighted by Gasteiger charge is 2.67. The maximum atomic E-state index is 10.8. The molecule has 2 aliphatic rings. The van der Waals surface area contributed by atoms with Gasteiger partial charge < -0.3 is 10.4 Å². The molecule has 5 heteroatoms. The zero-order chi connectivity index (χ0) is 11.6. The molecule has 1 aliphatic carbocycles. The Morgan fingerprint density at radius 2 is 2.12 bits per heavy atom. The number of H-pyrrole nitrogens is 1. The van der Waals surface area contributed by atoms with Crippen LogP contribution in [0.15, 0.2) is 18.3 Å². The molecule has 0 spiro atoms. The summed E-state index contributed by atoms with van der Waals surface area (Å²) in [4.78, 5) is 0. The van der Waals surface area contributed by atoms with Crippen LogP contribution in [0.2, 0.25) is 5.02 Å². The van der Waals surface area contributed by atoms with E-state index in [2.05, 4.69) is 15.5 Å². The molecule has 0 radical (unpaired) electrons. The number of fused-ring (bicyclic) bond motifs is 2. The van der Waals surface area contributed by atoms with Crippen molar-refractivity contribution in [1.82, 2.24) is 15.5 Å². The highest BCUT2D eigenvalue weighted by Crippen LogP contribution is 2.60. The first-order chi connectivity index (χ1) is 8.21. The van der Waals surface area contributed by atoms with Crippen molar-refractivity contribution in [3.63, 3.8) is 0 Å². The van der Waals surface area contributed by atoms with Crippen molar-refractivity contribution in [3.8, 4) is 0 Å². The Labute approximate surface area is 103 Å². The molecule has 1 aromatic carbocycles. The molecule has 1 saturated heterocycles. The smallest absolute Gasteiger partial charge is 0.0993 e. The fourth-order valence-electron chi connectivity index (χ4n) is 3.26. The molecule has 1 aliphatic heterocycles. The Morgan fingerprint density at radius 1 is 1.35 bits per heavy atom. The van der Waals surface area contributed by atoms with E-state index < -0.39 is 5.60 Å². The Hall–Kier alpha value is -1.10. The maximum Gasteiger partial charge on any atom is 0.0993 e. The van der Waals surface area contributed by atoms with E-state index in [1.54, 1.807) is 6.20 Å².